The number of ether oxygens (including phenoxy) is 1. The predicted octanol–water partition coefficient (Wildman–Crippen LogP) is 1.87. The summed E-state index contributed by atoms with van der Waals surface area (Å²) in [5, 5.41) is 0. The Morgan fingerprint density at radius 1 is 1.29 bits per heavy atom. The average molecular weight is 314 g/mol. The third-order valence-electron chi connectivity index (χ3n) is 3.22. The molecule has 120 valence electrons. The van der Waals surface area contributed by atoms with Gasteiger partial charge in [0.2, 0.25) is 0 Å². The molecule has 1 unspecified atom stereocenters. The lowest BCUT2D eigenvalue weighted by Crippen LogP contribution is -2.23. The number of nitrogens with zero attached hydrogens (tertiary/aromatic N) is 1. The van der Waals surface area contributed by atoms with Crippen molar-refractivity contribution in [3.05, 3.63) is 23.5 Å². The van der Waals surface area contributed by atoms with Gasteiger partial charge < -0.3 is 10.5 Å². The molecule has 1 rings (SSSR count). The smallest absolute Gasteiger partial charge is 0.153 e. The predicted molar refractivity (Wildman–Crippen MR) is 85.4 cm³/mol. The number of sulfone groups is 1. The summed E-state index contributed by atoms with van der Waals surface area (Å²) in [7, 11) is -3.02. The largest absolute Gasteiger partial charge is 0.491 e. The number of hydrogen-bond donors (Lipinski definition) is 1. The van der Waals surface area contributed by atoms with Gasteiger partial charge in [0, 0.05) is 18.2 Å². The molecule has 0 aliphatic rings. The number of pyridine rings is 1. The minimum Gasteiger partial charge on any atom is -0.491 e. The molecule has 0 saturated heterocycles. The van der Waals surface area contributed by atoms with E-state index < -0.39 is 9.84 Å². The van der Waals surface area contributed by atoms with Gasteiger partial charge in [-0.2, -0.15) is 0 Å². The molecule has 0 aliphatic carbocycles. The van der Waals surface area contributed by atoms with Gasteiger partial charge in [0.1, 0.15) is 12.4 Å². The normalized spacial score (nSPS) is 13.1. The maximum absolute atomic E-state index is 11.7. The lowest BCUT2D eigenvalue weighted by Gasteiger charge is -2.14. The first-order valence-corrected chi connectivity index (χ1v) is 9.25. The molecule has 0 aliphatic heterocycles. The molecule has 0 spiro atoms. The van der Waals surface area contributed by atoms with Gasteiger partial charge in [0.05, 0.1) is 17.2 Å². The van der Waals surface area contributed by atoms with Gasteiger partial charge in [-0.1, -0.05) is 13.8 Å². The minimum atomic E-state index is -3.02. The highest BCUT2D eigenvalue weighted by molar-refractivity contribution is 7.91. The maximum Gasteiger partial charge on any atom is 0.153 e. The fourth-order valence-corrected chi connectivity index (χ4v) is 3.12. The first kappa shape index (κ1) is 17.9. The van der Waals surface area contributed by atoms with E-state index in [-0.39, 0.29) is 24.2 Å². The molecule has 1 atom stereocenters. The SMILES string of the molecule is CCCS(=O)(=O)CCOc1ccc(C)nc1CC(N)CC. The third-order valence-corrected chi connectivity index (χ3v) is 5.04. The van der Waals surface area contributed by atoms with E-state index in [4.69, 9.17) is 10.5 Å². The van der Waals surface area contributed by atoms with Gasteiger partial charge in [0.25, 0.3) is 0 Å². The molecular weight excluding hydrogens is 288 g/mol. The van der Waals surface area contributed by atoms with Crippen LogP contribution >= 0.6 is 0 Å². The lowest BCUT2D eigenvalue weighted by atomic mass is 10.1. The molecule has 0 radical (unpaired) electrons. The van der Waals surface area contributed by atoms with Crippen molar-refractivity contribution in [2.24, 2.45) is 5.73 Å². The van der Waals surface area contributed by atoms with Crippen LogP contribution < -0.4 is 10.5 Å². The van der Waals surface area contributed by atoms with E-state index in [2.05, 4.69) is 4.98 Å². The minimum absolute atomic E-state index is 0.0328. The summed E-state index contributed by atoms with van der Waals surface area (Å²) >= 11 is 0. The number of aryl methyl sites for hydroxylation is 1. The Kier molecular flexibility index (Phi) is 7.11. The summed E-state index contributed by atoms with van der Waals surface area (Å²) in [4.78, 5) is 4.46. The summed E-state index contributed by atoms with van der Waals surface area (Å²) in [5.74, 6) is 0.876. The third kappa shape index (κ3) is 6.44. The van der Waals surface area contributed by atoms with E-state index in [0.29, 0.717) is 18.6 Å². The van der Waals surface area contributed by atoms with Crippen LogP contribution in [0.25, 0.3) is 0 Å². The molecule has 1 aromatic heterocycles. The standard InChI is InChI=1S/C15H26N2O3S/c1-4-9-21(18,19)10-8-20-15-7-6-12(3)17-14(15)11-13(16)5-2/h6-7,13H,4-5,8-11,16H2,1-3H3. The van der Waals surface area contributed by atoms with Crippen molar-refractivity contribution in [2.75, 3.05) is 18.1 Å². The molecular formula is C15H26N2O3S. The van der Waals surface area contributed by atoms with Crippen LogP contribution in [0, 0.1) is 6.92 Å². The molecule has 1 aromatic rings. The number of hydrogen-bond acceptors (Lipinski definition) is 5. The van der Waals surface area contributed by atoms with Crippen molar-refractivity contribution in [1.29, 1.82) is 0 Å². The van der Waals surface area contributed by atoms with E-state index in [9.17, 15) is 8.42 Å². The van der Waals surface area contributed by atoms with E-state index in [1.54, 1.807) is 0 Å². The molecule has 21 heavy (non-hydrogen) atoms. The second-order valence-electron chi connectivity index (χ2n) is 5.27. The monoisotopic (exact) mass is 314 g/mol. The quantitative estimate of drug-likeness (QED) is 0.752. The van der Waals surface area contributed by atoms with Crippen LogP contribution in [-0.2, 0) is 16.3 Å². The number of rotatable bonds is 9. The average Bonchev–Trinajstić information content (AvgIpc) is 2.40. The Morgan fingerprint density at radius 2 is 2.00 bits per heavy atom. The molecule has 6 heteroatoms. The van der Waals surface area contributed by atoms with Crippen molar-refractivity contribution in [3.63, 3.8) is 0 Å². The van der Waals surface area contributed by atoms with Crippen molar-refractivity contribution in [2.45, 2.75) is 46.1 Å². The molecule has 0 fully saturated rings. The van der Waals surface area contributed by atoms with Crippen LogP contribution in [-0.4, -0.2) is 37.6 Å². The first-order chi connectivity index (χ1) is 9.88. The highest BCUT2D eigenvalue weighted by Gasteiger charge is 2.13. The van der Waals surface area contributed by atoms with Gasteiger partial charge in [0.15, 0.2) is 9.84 Å². The second-order valence-corrected chi connectivity index (χ2v) is 7.57. The van der Waals surface area contributed by atoms with Crippen LogP contribution in [0.4, 0.5) is 0 Å². The number of aromatic nitrogens is 1. The molecule has 0 bridgehead atoms. The van der Waals surface area contributed by atoms with Crippen LogP contribution in [0.5, 0.6) is 5.75 Å². The zero-order valence-corrected chi connectivity index (χ0v) is 13.9. The molecule has 5 nitrogen and oxygen atoms in total. The van der Waals surface area contributed by atoms with Crippen LogP contribution in [0.3, 0.4) is 0 Å². The highest BCUT2D eigenvalue weighted by atomic mass is 32.2. The van der Waals surface area contributed by atoms with Gasteiger partial charge in [-0.3, -0.25) is 4.98 Å². The molecule has 0 saturated carbocycles. The second kappa shape index (κ2) is 8.34. The Balaban J connectivity index is 2.70. The fourth-order valence-electron chi connectivity index (χ4n) is 1.96. The Bertz CT molecular complexity index is 544. The zero-order valence-electron chi connectivity index (χ0n) is 13.1. The van der Waals surface area contributed by atoms with Gasteiger partial charge >= 0.3 is 0 Å². The van der Waals surface area contributed by atoms with E-state index in [0.717, 1.165) is 17.8 Å². The van der Waals surface area contributed by atoms with E-state index >= 15 is 0 Å². The number of nitrogens with two attached hydrogens (primary N) is 1. The Morgan fingerprint density at radius 3 is 2.62 bits per heavy atom. The van der Waals surface area contributed by atoms with E-state index in [1.807, 2.05) is 32.9 Å². The molecule has 1 heterocycles. The molecule has 0 amide bonds. The van der Waals surface area contributed by atoms with Crippen LogP contribution in [0.15, 0.2) is 12.1 Å². The van der Waals surface area contributed by atoms with Crippen molar-refractivity contribution in [3.8, 4) is 5.75 Å². The summed E-state index contributed by atoms with van der Waals surface area (Å²) in [6.45, 7) is 5.95. The van der Waals surface area contributed by atoms with Crippen LogP contribution in [0.1, 0.15) is 38.1 Å². The Labute approximate surface area is 127 Å². The van der Waals surface area contributed by atoms with Gasteiger partial charge in [-0.05, 0) is 31.9 Å². The summed E-state index contributed by atoms with van der Waals surface area (Å²) in [6.07, 6.45) is 2.13. The topological polar surface area (TPSA) is 82.3 Å². The molecule has 0 aromatic carbocycles. The lowest BCUT2D eigenvalue weighted by molar-refractivity contribution is 0.333. The first-order valence-electron chi connectivity index (χ1n) is 7.43. The summed E-state index contributed by atoms with van der Waals surface area (Å²) < 4.78 is 29.0. The van der Waals surface area contributed by atoms with Crippen molar-refractivity contribution >= 4 is 9.84 Å². The van der Waals surface area contributed by atoms with Gasteiger partial charge in [-0.25, -0.2) is 8.42 Å². The summed E-state index contributed by atoms with van der Waals surface area (Å²) in [6, 6.07) is 3.73. The fraction of sp³-hybridized carbons (Fsp3) is 0.667. The van der Waals surface area contributed by atoms with Crippen LogP contribution in [0.2, 0.25) is 0 Å². The van der Waals surface area contributed by atoms with Crippen molar-refractivity contribution < 1.29 is 13.2 Å². The van der Waals surface area contributed by atoms with E-state index in [1.165, 1.54) is 0 Å². The molecule has 2 N–H and O–H groups in total. The zero-order chi connectivity index (χ0) is 15.9. The van der Waals surface area contributed by atoms with Crippen molar-refractivity contribution in [1.82, 2.24) is 4.98 Å². The summed E-state index contributed by atoms with van der Waals surface area (Å²) in [5.41, 5.74) is 7.68. The Hall–Kier alpha value is -1.14. The maximum atomic E-state index is 11.7. The highest BCUT2D eigenvalue weighted by Crippen LogP contribution is 2.19. The van der Waals surface area contributed by atoms with Gasteiger partial charge in [-0.15, -0.1) is 0 Å².